The number of hydrogen-bond donors (Lipinski definition) is 2. The van der Waals surface area contributed by atoms with Gasteiger partial charge in [0.15, 0.2) is 0 Å². The van der Waals surface area contributed by atoms with Gasteiger partial charge in [0.2, 0.25) is 0 Å². The van der Waals surface area contributed by atoms with Crippen LogP contribution in [0.25, 0.3) is 0 Å². The molecule has 3 nitrogen and oxygen atoms in total. The van der Waals surface area contributed by atoms with Crippen molar-refractivity contribution in [1.29, 1.82) is 0 Å². The van der Waals surface area contributed by atoms with Crippen LogP contribution in [-0.2, 0) is 0 Å². The second-order valence-corrected chi connectivity index (χ2v) is 4.15. The molecule has 92 valence electrons. The Balaban J connectivity index is 3.06. The predicted molar refractivity (Wildman–Crippen MR) is 63.1 cm³/mol. The monoisotopic (exact) mass is 217 g/mol. The van der Waals surface area contributed by atoms with Crippen LogP contribution in [0.15, 0.2) is 0 Å². The number of rotatable bonds is 11. The Hall–Kier alpha value is -0.120. The van der Waals surface area contributed by atoms with E-state index in [0.717, 1.165) is 25.8 Å². The molecule has 0 atom stereocenters. The van der Waals surface area contributed by atoms with E-state index in [-0.39, 0.29) is 6.61 Å². The van der Waals surface area contributed by atoms with Crippen molar-refractivity contribution in [2.75, 3.05) is 19.7 Å². The molecule has 0 aliphatic rings. The third-order valence-electron chi connectivity index (χ3n) is 2.59. The molecule has 15 heavy (non-hydrogen) atoms. The maximum atomic E-state index is 9.43. The highest BCUT2D eigenvalue weighted by molar-refractivity contribution is 4.49. The summed E-state index contributed by atoms with van der Waals surface area (Å²) in [6.07, 6.45) is 9.20. The van der Waals surface area contributed by atoms with Gasteiger partial charge < -0.3 is 10.3 Å². The molecule has 0 fully saturated rings. The average Bonchev–Trinajstić information content (AvgIpc) is 2.23. The molecule has 0 amide bonds. The topological polar surface area (TPSA) is 43.7 Å². The summed E-state index contributed by atoms with van der Waals surface area (Å²) in [6, 6.07) is 0. The van der Waals surface area contributed by atoms with E-state index in [1.54, 1.807) is 0 Å². The Bertz CT molecular complexity index is 120. The molecule has 0 rings (SSSR count). The first-order valence-corrected chi connectivity index (χ1v) is 6.36. The van der Waals surface area contributed by atoms with E-state index in [9.17, 15) is 5.21 Å². The minimum Gasteiger partial charge on any atom is -0.396 e. The predicted octanol–water partition coefficient (Wildman–Crippen LogP) is 2.81. The van der Waals surface area contributed by atoms with Crippen LogP contribution in [0, 0.1) is 0 Å². The fourth-order valence-electron chi connectivity index (χ4n) is 1.59. The lowest BCUT2D eigenvalue weighted by atomic mass is 10.1. The summed E-state index contributed by atoms with van der Waals surface area (Å²) in [5.74, 6) is 0. The van der Waals surface area contributed by atoms with Gasteiger partial charge >= 0.3 is 0 Å². The van der Waals surface area contributed by atoms with E-state index < -0.39 is 0 Å². The Morgan fingerprint density at radius 1 is 0.800 bits per heavy atom. The molecule has 0 heterocycles. The van der Waals surface area contributed by atoms with Crippen LogP contribution in [-0.4, -0.2) is 35.1 Å². The highest BCUT2D eigenvalue weighted by atomic mass is 16.5. The van der Waals surface area contributed by atoms with Crippen LogP contribution in [0.5, 0.6) is 0 Å². The van der Waals surface area contributed by atoms with Gasteiger partial charge in [0.1, 0.15) is 0 Å². The summed E-state index contributed by atoms with van der Waals surface area (Å²) >= 11 is 0. The van der Waals surface area contributed by atoms with E-state index in [1.165, 1.54) is 37.2 Å². The fraction of sp³-hybridized carbons (Fsp3) is 1.00. The smallest absolute Gasteiger partial charge is 0.0431 e. The molecule has 0 saturated heterocycles. The number of aliphatic hydroxyl groups is 1. The van der Waals surface area contributed by atoms with Gasteiger partial charge in [-0.2, -0.15) is 5.06 Å². The number of unbranched alkanes of at least 4 members (excludes halogenated alkanes) is 6. The van der Waals surface area contributed by atoms with Gasteiger partial charge in [0.25, 0.3) is 0 Å². The lowest BCUT2D eigenvalue weighted by molar-refractivity contribution is -0.0928. The summed E-state index contributed by atoms with van der Waals surface area (Å²) in [7, 11) is 0. The second-order valence-electron chi connectivity index (χ2n) is 4.15. The highest BCUT2D eigenvalue weighted by Crippen LogP contribution is 2.05. The second kappa shape index (κ2) is 12.0. The molecule has 0 spiro atoms. The summed E-state index contributed by atoms with van der Waals surface area (Å²) in [5, 5.41) is 19.4. The SMILES string of the molecule is CCCCCCCCN(O)CCCCO. The lowest BCUT2D eigenvalue weighted by Gasteiger charge is -2.13. The Kier molecular flexibility index (Phi) is 11.9. The van der Waals surface area contributed by atoms with E-state index in [2.05, 4.69) is 6.92 Å². The first-order chi connectivity index (χ1) is 7.31. The zero-order valence-electron chi connectivity index (χ0n) is 10.1. The number of hydroxylamine groups is 2. The molecule has 0 aliphatic heterocycles. The maximum absolute atomic E-state index is 9.43. The quantitative estimate of drug-likeness (QED) is 0.413. The van der Waals surface area contributed by atoms with Crippen molar-refractivity contribution in [2.24, 2.45) is 0 Å². The molecule has 0 aliphatic carbocycles. The zero-order valence-corrected chi connectivity index (χ0v) is 10.1. The van der Waals surface area contributed by atoms with E-state index in [0.29, 0.717) is 6.54 Å². The molecule has 0 aromatic rings. The van der Waals surface area contributed by atoms with Gasteiger partial charge in [-0.25, -0.2) is 0 Å². The van der Waals surface area contributed by atoms with Crippen LogP contribution in [0.3, 0.4) is 0 Å². The molecular weight excluding hydrogens is 190 g/mol. The minimum atomic E-state index is 0.227. The van der Waals surface area contributed by atoms with Crippen molar-refractivity contribution in [1.82, 2.24) is 5.06 Å². The summed E-state index contributed by atoms with van der Waals surface area (Å²) in [4.78, 5) is 0. The van der Waals surface area contributed by atoms with Gasteiger partial charge in [-0.15, -0.1) is 0 Å². The van der Waals surface area contributed by atoms with Crippen molar-refractivity contribution >= 4 is 0 Å². The first-order valence-electron chi connectivity index (χ1n) is 6.36. The number of aliphatic hydroxyl groups excluding tert-OH is 1. The van der Waals surface area contributed by atoms with E-state index >= 15 is 0 Å². The van der Waals surface area contributed by atoms with Crippen molar-refractivity contribution in [3.63, 3.8) is 0 Å². The van der Waals surface area contributed by atoms with Crippen molar-refractivity contribution in [3.05, 3.63) is 0 Å². The van der Waals surface area contributed by atoms with Gasteiger partial charge in [-0.05, 0) is 19.3 Å². The van der Waals surface area contributed by atoms with Crippen LogP contribution < -0.4 is 0 Å². The van der Waals surface area contributed by atoms with Crippen LogP contribution in [0.2, 0.25) is 0 Å². The normalized spacial score (nSPS) is 11.2. The van der Waals surface area contributed by atoms with Gasteiger partial charge in [-0.3, -0.25) is 0 Å². The van der Waals surface area contributed by atoms with Gasteiger partial charge in [0.05, 0.1) is 0 Å². The minimum absolute atomic E-state index is 0.227. The molecule has 0 aromatic heterocycles. The average molecular weight is 217 g/mol. The van der Waals surface area contributed by atoms with Crippen LogP contribution in [0.4, 0.5) is 0 Å². The zero-order chi connectivity index (χ0) is 11.4. The largest absolute Gasteiger partial charge is 0.396 e. The molecular formula is C12H27NO2. The fourth-order valence-corrected chi connectivity index (χ4v) is 1.59. The Labute approximate surface area is 94.1 Å². The Morgan fingerprint density at radius 2 is 1.33 bits per heavy atom. The van der Waals surface area contributed by atoms with Crippen molar-refractivity contribution in [3.8, 4) is 0 Å². The maximum Gasteiger partial charge on any atom is 0.0431 e. The summed E-state index contributed by atoms with van der Waals surface area (Å²) in [6.45, 7) is 3.91. The summed E-state index contributed by atoms with van der Waals surface area (Å²) in [5.41, 5.74) is 0. The summed E-state index contributed by atoms with van der Waals surface area (Å²) < 4.78 is 0. The van der Waals surface area contributed by atoms with Gasteiger partial charge in [0, 0.05) is 19.7 Å². The van der Waals surface area contributed by atoms with Crippen molar-refractivity contribution in [2.45, 2.75) is 58.3 Å². The van der Waals surface area contributed by atoms with Crippen LogP contribution in [0.1, 0.15) is 58.3 Å². The molecule has 2 N–H and O–H groups in total. The third kappa shape index (κ3) is 11.8. The first kappa shape index (κ1) is 14.9. The lowest BCUT2D eigenvalue weighted by Crippen LogP contribution is -2.21. The highest BCUT2D eigenvalue weighted by Gasteiger charge is 1.99. The molecule has 0 radical (unpaired) electrons. The van der Waals surface area contributed by atoms with Crippen molar-refractivity contribution < 1.29 is 10.3 Å². The Morgan fingerprint density at radius 3 is 1.93 bits per heavy atom. The third-order valence-corrected chi connectivity index (χ3v) is 2.59. The number of nitrogens with zero attached hydrogens (tertiary/aromatic N) is 1. The van der Waals surface area contributed by atoms with Crippen LogP contribution >= 0.6 is 0 Å². The molecule has 0 unspecified atom stereocenters. The molecule has 3 heteroatoms. The van der Waals surface area contributed by atoms with E-state index in [1.807, 2.05) is 0 Å². The standard InChI is InChI=1S/C12H27NO2/c1-2-3-4-5-6-7-10-13(15)11-8-9-12-14/h14-15H,2-12H2,1H3. The van der Waals surface area contributed by atoms with Gasteiger partial charge in [-0.1, -0.05) is 39.0 Å². The number of hydrogen-bond acceptors (Lipinski definition) is 3. The molecule has 0 aromatic carbocycles. The molecule has 0 saturated carbocycles. The van der Waals surface area contributed by atoms with E-state index in [4.69, 9.17) is 5.11 Å². The molecule has 0 bridgehead atoms.